The molecule has 0 unspecified atom stereocenters. The number of carbonyl (C=O) groups is 2. The number of hydrogen-bond acceptors (Lipinski definition) is 5. The van der Waals surface area contributed by atoms with Gasteiger partial charge in [-0.25, -0.2) is 9.79 Å². The van der Waals surface area contributed by atoms with E-state index in [9.17, 15) is 14.7 Å². The second-order valence-corrected chi connectivity index (χ2v) is 10.0. The van der Waals surface area contributed by atoms with Gasteiger partial charge in [-0.05, 0) is 53.3 Å². The number of phenols is 1. The van der Waals surface area contributed by atoms with E-state index in [2.05, 4.69) is 10.3 Å². The van der Waals surface area contributed by atoms with E-state index in [4.69, 9.17) is 5.11 Å². The van der Waals surface area contributed by atoms with Crippen molar-refractivity contribution < 1.29 is 19.8 Å². The standard InChI is InChI=1S/C21H28N2O4S/c1-11(18(26)27)22-19-23-17(25)15(28-19)10-12-8-13(20(2,3)4)16(24)14(9-12)21(5,6)7/h8-11,24H,1-7H3,(H,26,27)(H,22,23,25)/b15-10-/t11-/m0/s1. The predicted molar refractivity (Wildman–Crippen MR) is 114 cm³/mol. The molecular formula is C21H28N2O4S. The van der Waals surface area contributed by atoms with E-state index < -0.39 is 12.0 Å². The number of benzene rings is 1. The van der Waals surface area contributed by atoms with Crippen LogP contribution in [0.5, 0.6) is 5.75 Å². The van der Waals surface area contributed by atoms with Crippen molar-refractivity contribution in [2.45, 2.75) is 65.3 Å². The van der Waals surface area contributed by atoms with Crippen molar-refractivity contribution in [2.75, 3.05) is 0 Å². The van der Waals surface area contributed by atoms with Gasteiger partial charge in [-0.3, -0.25) is 4.79 Å². The van der Waals surface area contributed by atoms with Crippen molar-refractivity contribution in [3.63, 3.8) is 0 Å². The van der Waals surface area contributed by atoms with Crippen LogP contribution in [-0.2, 0) is 20.4 Å². The van der Waals surface area contributed by atoms with E-state index in [1.165, 1.54) is 6.92 Å². The zero-order chi connectivity index (χ0) is 21.4. The van der Waals surface area contributed by atoms with Crippen LogP contribution in [-0.4, -0.2) is 33.3 Å². The second-order valence-electron chi connectivity index (χ2n) is 8.98. The SMILES string of the molecule is C[C@H](N=C1NC(=O)/C(=C/c2cc(C(C)(C)C)c(O)c(C(C)(C)C)c2)S1)C(=O)O. The molecule has 0 saturated carbocycles. The second kappa shape index (κ2) is 7.62. The smallest absolute Gasteiger partial charge is 0.328 e. The van der Waals surface area contributed by atoms with Crippen LogP contribution in [0.3, 0.4) is 0 Å². The first-order valence-corrected chi connectivity index (χ1v) is 9.91. The first kappa shape index (κ1) is 22.0. The Kier molecular flexibility index (Phi) is 5.99. The van der Waals surface area contributed by atoms with E-state index in [-0.39, 0.29) is 27.7 Å². The molecule has 1 aliphatic rings. The molecule has 1 aliphatic heterocycles. The van der Waals surface area contributed by atoms with Gasteiger partial charge in [0.15, 0.2) is 5.17 Å². The fourth-order valence-electron chi connectivity index (χ4n) is 2.75. The number of carboxylic acids is 1. The fourth-order valence-corrected chi connectivity index (χ4v) is 3.66. The van der Waals surface area contributed by atoms with Crippen molar-refractivity contribution >= 4 is 34.9 Å². The topological polar surface area (TPSA) is 99.0 Å². The number of hydrogen-bond donors (Lipinski definition) is 3. The molecule has 1 heterocycles. The third-order valence-corrected chi connectivity index (χ3v) is 5.29. The van der Waals surface area contributed by atoms with Crippen LogP contribution in [0.4, 0.5) is 0 Å². The monoisotopic (exact) mass is 404 g/mol. The normalized spacial score (nSPS) is 19.2. The van der Waals surface area contributed by atoms with E-state index >= 15 is 0 Å². The molecule has 152 valence electrons. The van der Waals surface area contributed by atoms with Crippen LogP contribution in [0, 0.1) is 0 Å². The highest BCUT2D eigenvalue weighted by atomic mass is 32.2. The van der Waals surface area contributed by atoms with Crippen LogP contribution in [0.25, 0.3) is 6.08 Å². The van der Waals surface area contributed by atoms with E-state index in [0.29, 0.717) is 4.91 Å². The lowest BCUT2D eigenvalue weighted by Gasteiger charge is -2.28. The molecule has 1 aromatic rings. The minimum Gasteiger partial charge on any atom is -0.507 e. The Morgan fingerprint density at radius 2 is 1.64 bits per heavy atom. The lowest BCUT2D eigenvalue weighted by molar-refractivity contribution is -0.138. The Hall–Kier alpha value is -2.28. The first-order valence-electron chi connectivity index (χ1n) is 9.09. The highest BCUT2D eigenvalue weighted by Gasteiger charge is 2.28. The molecule has 0 aliphatic carbocycles. The van der Waals surface area contributed by atoms with Gasteiger partial charge in [0.05, 0.1) is 4.91 Å². The van der Waals surface area contributed by atoms with Gasteiger partial charge in [0, 0.05) is 11.1 Å². The summed E-state index contributed by atoms with van der Waals surface area (Å²) >= 11 is 1.11. The number of amides is 1. The third kappa shape index (κ3) is 4.95. The van der Waals surface area contributed by atoms with Crippen molar-refractivity contribution in [3.8, 4) is 5.75 Å². The maximum Gasteiger partial charge on any atom is 0.328 e. The highest BCUT2D eigenvalue weighted by molar-refractivity contribution is 8.18. The number of phenolic OH excluding ortho intramolecular Hbond substituents is 1. The molecule has 7 heteroatoms. The van der Waals surface area contributed by atoms with Crippen LogP contribution in [0.2, 0.25) is 0 Å². The summed E-state index contributed by atoms with van der Waals surface area (Å²) in [6, 6.07) is 2.84. The molecule has 6 nitrogen and oxygen atoms in total. The molecule has 0 bridgehead atoms. The van der Waals surface area contributed by atoms with Gasteiger partial charge in [-0.1, -0.05) is 41.5 Å². The highest BCUT2D eigenvalue weighted by Crippen LogP contribution is 2.40. The lowest BCUT2D eigenvalue weighted by atomic mass is 9.78. The minimum absolute atomic E-state index is 0.271. The van der Waals surface area contributed by atoms with Gasteiger partial charge < -0.3 is 15.5 Å². The fraction of sp³-hybridized carbons (Fsp3) is 0.476. The summed E-state index contributed by atoms with van der Waals surface area (Å²) in [6.07, 6.45) is 1.75. The number of thioether (sulfide) groups is 1. The minimum atomic E-state index is -1.05. The maximum atomic E-state index is 12.3. The summed E-state index contributed by atoms with van der Waals surface area (Å²) in [5.74, 6) is -1.09. The Balaban J connectivity index is 2.51. The zero-order valence-electron chi connectivity index (χ0n) is 17.4. The summed E-state index contributed by atoms with van der Waals surface area (Å²) in [7, 11) is 0. The molecule has 1 aromatic carbocycles. The molecule has 3 N–H and O–H groups in total. The van der Waals surface area contributed by atoms with Gasteiger partial charge in [0.1, 0.15) is 11.8 Å². The molecule has 1 fully saturated rings. The number of nitrogens with zero attached hydrogens (tertiary/aromatic N) is 1. The quantitative estimate of drug-likeness (QED) is 0.661. The van der Waals surface area contributed by atoms with Crippen LogP contribution in [0.15, 0.2) is 22.0 Å². The number of aromatic hydroxyl groups is 1. The predicted octanol–water partition coefficient (Wildman–Crippen LogP) is 4.02. The maximum absolute atomic E-state index is 12.3. The Morgan fingerprint density at radius 1 is 1.14 bits per heavy atom. The molecule has 0 spiro atoms. The van der Waals surface area contributed by atoms with Gasteiger partial charge in [0.25, 0.3) is 5.91 Å². The average molecular weight is 405 g/mol. The van der Waals surface area contributed by atoms with Crippen molar-refractivity contribution in [3.05, 3.63) is 33.7 Å². The molecule has 0 radical (unpaired) electrons. The van der Waals surface area contributed by atoms with Crippen LogP contribution in [0.1, 0.15) is 65.2 Å². The number of carboxylic acid groups (broad SMARTS) is 1. The summed E-state index contributed by atoms with van der Waals surface area (Å²) in [5.41, 5.74) is 1.88. The Bertz CT molecular complexity index is 838. The van der Waals surface area contributed by atoms with Crippen molar-refractivity contribution in [1.82, 2.24) is 5.32 Å². The van der Waals surface area contributed by atoms with Crippen LogP contribution < -0.4 is 5.32 Å². The third-order valence-electron chi connectivity index (χ3n) is 4.37. The van der Waals surface area contributed by atoms with E-state index in [1.807, 2.05) is 53.7 Å². The number of aliphatic carboxylic acids is 1. The van der Waals surface area contributed by atoms with Crippen LogP contribution >= 0.6 is 11.8 Å². The zero-order valence-corrected chi connectivity index (χ0v) is 18.2. The molecule has 2 rings (SSSR count). The number of aliphatic imine (C=N–C) groups is 1. The number of amidine groups is 1. The molecule has 0 aromatic heterocycles. The number of rotatable bonds is 3. The van der Waals surface area contributed by atoms with Gasteiger partial charge in [-0.15, -0.1) is 0 Å². The Labute approximate surface area is 170 Å². The molecule has 1 saturated heterocycles. The van der Waals surface area contributed by atoms with Gasteiger partial charge in [-0.2, -0.15) is 0 Å². The molecule has 1 atom stereocenters. The molecule has 28 heavy (non-hydrogen) atoms. The first-order chi connectivity index (χ1) is 12.7. The summed E-state index contributed by atoms with van der Waals surface area (Å²) in [4.78, 5) is 27.7. The number of carbonyl (C=O) groups excluding carboxylic acids is 1. The Morgan fingerprint density at radius 3 is 2.07 bits per heavy atom. The van der Waals surface area contributed by atoms with Crippen molar-refractivity contribution in [1.29, 1.82) is 0 Å². The summed E-state index contributed by atoms with van der Waals surface area (Å²) in [5, 5.41) is 22.7. The van der Waals surface area contributed by atoms with Gasteiger partial charge in [0.2, 0.25) is 0 Å². The molecular weight excluding hydrogens is 376 g/mol. The molecule has 1 amide bonds. The number of nitrogens with one attached hydrogen (secondary N) is 1. The van der Waals surface area contributed by atoms with E-state index in [0.717, 1.165) is 28.5 Å². The van der Waals surface area contributed by atoms with Crippen molar-refractivity contribution in [2.24, 2.45) is 4.99 Å². The largest absolute Gasteiger partial charge is 0.507 e. The average Bonchev–Trinajstić information content (AvgIpc) is 2.85. The summed E-state index contributed by atoms with van der Waals surface area (Å²) < 4.78 is 0. The summed E-state index contributed by atoms with van der Waals surface area (Å²) in [6.45, 7) is 13.6. The lowest BCUT2D eigenvalue weighted by Crippen LogP contribution is -2.23. The van der Waals surface area contributed by atoms with Gasteiger partial charge >= 0.3 is 5.97 Å². The van der Waals surface area contributed by atoms with E-state index in [1.54, 1.807) is 6.08 Å².